The van der Waals surface area contributed by atoms with Gasteiger partial charge in [-0.2, -0.15) is 0 Å². The number of nitrogens with one attached hydrogen (secondary N) is 1. The molecule has 0 radical (unpaired) electrons. The Morgan fingerprint density at radius 3 is 2.73 bits per heavy atom. The molecule has 0 aromatic heterocycles. The summed E-state index contributed by atoms with van der Waals surface area (Å²) in [4.78, 5) is 0. The molecule has 0 amide bonds. The van der Waals surface area contributed by atoms with Crippen molar-refractivity contribution in [1.29, 1.82) is 0 Å². The van der Waals surface area contributed by atoms with Crippen LogP contribution in [-0.4, -0.2) is 25.1 Å². The van der Waals surface area contributed by atoms with Crippen LogP contribution in [0.2, 0.25) is 0 Å². The molecule has 0 unspecified atom stereocenters. The molecule has 0 saturated carbocycles. The van der Waals surface area contributed by atoms with Gasteiger partial charge in [-0.3, -0.25) is 0 Å². The first-order valence-corrected chi connectivity index (χ1v) is 5.37. The zero-order chi connectivity index (χ0) is 11.5. The molecule has 0 atom stereocenters. The van der Waals surface area contributed by atoms with Crippen LogP contribution >= 0.6 is 0 Å². The van der Waals surface area contributed by atoms with Gasteiger partial charge in [0.25, 0.3) is 0 Å². The number of allylic oxidation sites excluding steroid dienone is 3. The molecule has 0 heterocycles. The topological polar surface area (TPSA) is 41.3 Å². The Hall–Kier alpha value is -1.06. The van der Waals surface area contributed by atoms with Crippen LogP contribution in [-0.2, 0) is 0 Å². The van der Waals surface area contributed by atoms with Crippen LogP contribution in [0.4, 0.5) is 0 Å². The fourth-order valence-electron chi connectivity index (χ4n) is 1.09. The van der Waals surface area contributed by atoms with E-state index in [1.807, 2.05) is 24.2 Å². The Morgan fingerprint density at radius 2 is 2.13 bits per heavy atom. The fourth-order valence-corrected chi connectivity index (χ4v) is 1.09. The van der Waals surface area contributed by atoms with Gasteiger partial charge in [-0.25, -0.2) is 5.43 Å². The second-order valence-electron chi connectivity index (χ2n) is 3.40. The molecule has 86 valence electrons. The maximum Gasteiger partial charge on any atom is 0.0444 e. The van der Waals surface area contributed by atoms with Crippen molar-refractivity contribution in [3.8, 4) is 0 Å². The Kier molecular flexibility index (Phi) is 8.82. The molecule has 3 nitrogen and oxygen atoms in total. The highest BCUT2D eigenvalue weighted by Crippen LogP contribution is 1.98. The summed E-state index contributed by atoms with van der Waals surface area (Å²) in [5.41, 5.74) is 9.59. The monoisotopic (exact) mass is 209 g/mol. The van der Waals surface area contributed by atoms with Gasteiger partial charge in [0.2, 0.25) is 0 Å². The molecule has 0 saturated heterocycles. The summed E-state index contributed by atoms with van der Waals surface area (Å²) in [5, 5.41) is 1.92. The van der Waals surface area contributed by atoms with Gasteiger partial charge in [0.15, 0.2) is 0 Å². The predicted molar refractivity (Wildman–Crippen MR) is 67.1 cm³/mol. The van der Waals surface area contributed by atoms with E-state index in [9.17, 15) is 0 Å². The maximum atomic E-state index is 5.41. The van der Waals surface area contributed by atoms with Crippen molar-refractivity contribution in [3.63, 3.8) is 0 Å². The van der Waals surface area contributed by atoms with Crippen molar-refractivity contribution in [2.45, 2.75) is 19.3 Å². The average molecular weight is 209 g/mol. The zero-order valence-electron chi connectivity index (χ0n) is 9.71. The summed E-state index contributed by atoms with van der Waals surface area (Å²) in [7, 11) is 1.96. The summed E-state index contributed by atoms with van der Waals surface area (Å²) in [6.45, 7) is 9.26. The fraction of sp³-hybridized carbons (Fsp3) is 0.500. The van der Waals surface area contributed by atoms with Gasteiger partial charge in [-0.15, -0.1) is 0 Å². The number of likely N-dealkylation sites (N-methyl/N-ethyl adjacent to an activating group) is 1. The minimum absolute atomic E-state index is 0.782. The van der Waals surface area contributed by atoms with Gasteiger partial charge in [-0.05, 0) is 25.5 Å². The highest BCUT2D eigenvalue weighted by Gasteiger charge is 1.96. The molecule has 15 heavy (non-hydrogen) atoms. The quantitative estimate of drug-likeness (QED) is 0.346. The Balaban J connectivity index is 3.55. The summed E-state index contributed by atoms with van der Waals surface area (Å²) in [6, 6.07) is 0. The molecule has 0 spiro atoms. The van der Waals surface area contributed by atoms with Gasteiger partial charge >= 0.3 is 0 Å². The molecule has 0 aliphatic rings. The Bertz CT molecular complexity index is 209. The molecular formula is C12H23N3. The molecule has 0 fully saturated rings. The van der Waals surface area contributed by atoms with Crippen molar-refractivity contribution in [2.75, 3.05) is 20.1 Å². The molecule has 0 aromatic rings. The molecular weight excluding hydrogens is 186 g/mol. The van der Waals surface area contributed by atoms with E-state index >= 15 is 0 Å². The van der Waals surface area contributed by atoms with Crippen molar-refractivity contribution in [2.24, 2.45) is 5.73 Å². The number of unbranched alkanes of at least 4 members (excludes halogenated alkanes) is 2. The molecule has 3 N–H and O–H groups in total. The summed E-state index contributed by atoms with van der Waals surface area (Å²) in [6.07, 6.45) is 8.93. The normalized spacial score (nSPS) is 10.5. The van der Waals surface area contributed by atoms with E-state index in [0.29, 0.717) is 0 Å². The first-order valence-electron chi connectivity index (χ1n) is 5.37. The summed E-state index contributed by atoms with van der Waals surface area (Å²) >= 11 is 0. The van der Waals surface area contributed by atoms with Crippen molar-refractivity contribution < 1.29 is 0 Å². The average Bonchev–Trinajstić information content (AvgIpc) is 2.25. The third-order valence-corrected chi connectivity index (χ3v) is 2.09. The van der Waals surface area contributed by atoms with E-state index in [-0.39, 0.29) is 0 Å². The number of hydrazine groups is 1. The predicted octanol–water partition coefficient (Wildman–Crippen LogP) is 1.81. The van der Waals surface area contributed by atoms with E-state index in [2.05, 4.69) is 18.6 Å². The molecule has 0 rings (SSSR count). The van der Waals surface area contributed by atoms with E-state index in [1.54, 1.807) is 6.08 Å². The van der Waals surface area contributed by atoms with Crippen LogP contribution in [0.3, 0.4) is 0 Å². The van der Waals surface area contributed by atoms with Crippen LogP contribution in [0.25, 0.3) is 0 Å². The van der Waals surface area contributed by atoms with Gasteiger partial charge < -0.3 is 10.7 Å². The Morgan fingerprint density at radius 1 is 1.40 bits per heavy atom. The summed E-state index contributed by atoms with van der Waals surface area (Å²) < 4.78 is 0. The van der Waals surface area contributed by atoms with Gasteiger partial charge in [0.05, 0.1) is 0 Å². The first kappa shape index (κ1) is 13.9. The smallest absolute Gasteiger partial charge is 0.0444 e. The van der Waals surface area contributed by atoms with Crippen LogP contribution in [0.1, 0.15) is 19.3 Å². The Labute approximate surface area is 93.3 Å². The molecule has 0 aliphatic carbocycles. The first-order chi connectivity index (χ1) is 7.22. The number of nitrogens with two attached hydrogens (primary N) is 1. The standard InChI is InChI=1S/C12H23N3/c1-4-5-9-12(2)15(3)14-11-8-6-7-10-13/h4-5,9,14H,1-2,6-8,10-11,13H2,3H3/b9-5-. The van der Waals surface area contributed by atoms with Crippen LogP contribution in [0, 0.1) is 0 Å². The number of rotatable bonds is 9. The van der Waals surface area contributed by atoms with Gasteiger partial charge in [0.1, 0.15) is 0 Å². The summed E-state index contributed by atoms with van der Waals surface area (Å²) in [5.74, 6) is 0. The van der Waals surface area contributed by atoms with E-state index < -0.39 is 0 Å². The number of hydrogen-bond acceptors (Lipinski definition) is 3. The van der Waals surface area contributed by atoms with Crippen LogP contribution < -0.4 is 11.2 Å². The number of nitrogens with zero attached hydrogens (tertiary/aromatic N) is 1. The third kappa shape index (κ3) is 7.97. The van der Waals surface area contributed by atoms with Gasteiger partial charge in [-0.1, -0.05) is 31.7 Å². The van der Waals surface area contributed by atoms with Crippen LogP contribution in [0.5, 0.6) is 0 Å². The largest absolute Gasteiger partial charge is 0.330 e. The van der Waals surface area contributed by atoms with Crippen LogP contribution in [0.15, 0.2) is 37.1 Å². The van der Waals surface area contributed by atoms with Crippen molar-refractivity contribution in [3.05, 3.63) is 37.1 Å². The highest BCUT2D eigenvalue weighted by atomic mass is 15.5. The molecule has 0 aromatic carbocycles. The highest BCUT2D eigenvalue weighted by molar-refractivity contribution is 5.16. The zero-order valence-corrected chi connectivity index (χ0v) is 9.71. The van der Waals surface area contributed by atoms with Gasteiger partial charge in [0, 0.05) is 19.3 Å². The number of hydrogen-bond donors (Lipinski definition) is 2. The second-order valence-corrected chi connectivity index (χ2v) is 3.40. The lowest BCUT2D eigenvalue weighted by atomic mass is 10.2. The van der Waals surface area contributed by atoms with E-state index in [0.717, 1.165) is 31.6 Å². The lowest BCUT2D eigenvalue weighted by Gasteiger charge is -2.20. The van der Waals surface area contributed by atoms with Crippen molar-refractivity contribution in [1.82, 2.24) is 10.4 Å². The van der Waals surface area contributed by atoms with E-state index in [4.69, 9.17) is 5.73 Å². The lowest BCUT2D eigenvalue weighted by Crippen LogP contribution is -2.33. The van der Waals surface area contributed by atoms with Crippen molar-refractivity contribution >= 4 is 0 Å². The minimum atomic E-state index is 0.782. The van der Waals surface area contributed by atoms with E-state index in [1.165, 1.54) is 6.42 Å². The SMILES string of the molecule is C=C/C=C\C(=C)N(C)NCCCCCN. The second kappa shape index (κ2) is 9.49. The third-order valence-electron chi connectivity index (χ3n) is 2.09. The molecule has 3 heteroatoms. The molecule has 0 aliphatic heterocycles. The molecule has 0 bridgehead atoms. The maximum absolute atomic E-state index is 5.41. The minimum Gasteiger partial charge on any atom is -0.330 e. The lowest BCUT2D eigenvalue weighted by molar-refractivity contribution is 0.305.